The van der Waals surface area contributed by atoms with E-state index in [-0.39, 0.29) is 0 Å². The molecule has 2 aromatic carbocycles. The van der Waals surface area contributed by atoms with E-state index >= 15 is 0 Å². The number of fused-ring (bicyclic) bond motifs is 3. The average molecular weight is 373 g/mol. The fourth-order valence-electron chi connectivity index (χ4n) is 3.66. The molecule has 3 aromatic rings. The summed E-state index contributed by atoms with van der Waals surface area (Å²) < 4.78 is 29.0. The molecule has 0 spiro atoms. The van der Waals surface area contributed by atoms with Crippen molar-refractivity contribution in [2.75, 3.05) is 13.6 Å². The molecule has 134 valence electrons. The molecular formula is C21H19ClF2N2. The maximum atomic E-state index is 13.6. The molecule has 0 aliphatic carbocycles. The molecular weight excluding hydrogens is 354 g/mol. The topological polar surface area (TPSA) is 8.17 Å². The Balaban J connectivity index is 1.89. The second-order valence-corrected chi connectivity index (χ2v) is 7.32. The summed E-state index contributed by atoms with van der Waals surface area (Å²) in [7, 11) is 2.11. The number of nitrogens with zero attached hydrogens (tertiary/aromatic N) is 2. The average Bonchev–Trinajstić information content (AvgIpc) is 2.90. The Morgan fingerprint density at radius 3 is 2.69 bits per heavy atom. The third-order valence-electron chi connectivity index (χ3n) is 5.04. The molecule has 5 heteroatoms. The predicted molar refractivity (Wildman–Crippen MR) is 103 cm³/mol. The number of hydrogen-bond donors (Lipinski definition) is 0. The molecule has 0 atom stereocenters. The van der Waals surface area contributed by atoms with E-state index in [0.29, 0.717) is 10.6 Å². The first-order valence-corrected chi connectivity index (χ1v) is 8.95. The normalized spacial score (nSPS) is 15.5. The summed E-state index contributed by atoms with van der Waals surface area (Å²) in [6.07, 6.45) is 2.94. The molecule has 0 unspecified atom stereocenters. The molecule has 0 radical (unpaired) electrons. The van der Waals surface area contributed by atoms with Crippen molar-refractivity contribution in [1.82, 2.24) is 9.47 Å². The Morgan fingerprint density at radius 1 is 1.12 bits per heavy atom. The van der Waals surface area contributed by atoms with Gasteiger partial charge in [-0.25, -0.2) is 8.78 Å². The van der Waals surface area contributed by atoms with Crippen molar-refractivity contribution >= 4 is 34.3 Å². The molecule has 1 aliphatic heterocycles. The van der Waals surface area contributed by atoms with Crippen molar-refractivity contribution in [2.45, 2.75) is 19.9 Å². The molecule has 0 saturated heterocycles. The van der Waals surface area contributed by atoms with Crippen molar-refractivity contribution in [2.24, 2.45) is 0 Å². The van der Waals surface area contributed by atoms with Crippen LogP contribution in [0.4, 0.5) is 8.78 Å². The number of aromatic nitrogens is 1. The van der Waals surface area contributed by atoms with Gasteiger partial charge in [0.05, 0.1) is 5.52 Å². The zero-order valence-electron chi connectivity index (χ0n) is 14.7. The molecule has 0 bridgehead atoms. The van der Waals surface area contributed by atoms with Gasteiger partial charge in [-0.15, -0.1) is 0 Å². The molecule has 1 aliphatic rings. The van der Waals surface area contributed by atoms with Gasteiger partial charge in [0.1, 0.15) is 0 Å². The number of halogens is 3. The molecule has 2 heterocycles. The largest absolute Gasteiger partial charge is 0.320 e. The number of hydrogen-bond acceptors (Lipinski definition) is 1. The Hall–Kier alpha value is -2.17. The highest BCUT2D eigenvalue weighted by atomic mass is 35.5. The van der Waals surface area contributed by atoms with Crippen LogP contribution in [0.5, 0.6) is 0 Å². The minimum Gasteiger partial charge on any atom is -0.320 e. The van der Waals surface area contributed by atoms with E-state index in [1.165, 1.54) is 23.4 Å². The Labute approximate surface area is 156 Å². The summed E-state index contributed by atoms with van der Waals surface area (Å²) in [5.74, 6) is -1.66. The van der Waals surface area contributed by atoms with E-state index in [4.69, 9.17) is 11.6 Å². The lowest BCUT2D eigenvalue weighted by atomic mass is 10.0. The third-order valence-corrected chi connectivity index (χ3v) is 5.27. The zero-order valence-corrected chi connectivity index (χ0v) is 15.4. The van der Waals surface area contributed by atoms with Gasteiger partial charge in [0.2, 0.25) is 0 Å². The van der Waals surface area contributed by atoms with Crippen LogP contribution in [-0.4, -0.2) is 23.1 Å². The van der Waals surface area contributed by atoms with Crippen LogP contribution in [0, 0.1) is 11.6 Å². The molecule has 0 saturated carbocycles. The molecule has 0 fully saturated rings. The molecule has 2 nitrogen and oxygen atoms in total. The Morgan fingerprint density at radius 2 is 1.92 bits per heavy atom. The fourth-order valence-corrected chi connectivity index (χ4v) is 3.83. The molecule has 0 amide bonds. The third kappa shape index (κ3) is 2.93. The van der Waals surface area contributed by atoms with Crippen molar-refractivity contribution in [1.29, 1.82) is 0 Å². The molecule has 1 aromatic heterocycles. The van der Waals surface area contributed by atoms with Crippen molar-refractivity contribution in [3.63, 3.8) is 0 Å². The van der Waals surface area contributed by atoms with Crippen LogP contribution in [0.1, 0.15) is 23.7 Å². The standard InChI is InChI=1S/C21H19ClF2N2/c1-13(14-3-5-18(23)19(24)9-14)11-26-20-6-4-15(22)10-16(20)17-12-25(2)8-7-21(17)26/h3-6,9-11H,7-8,12H2,1-2H3/b13-11-. The number of rotatable bonds is 2. The van der Waals surface area contributed by atoms with E-state index < -0.39 is 11.6 Å². The highest BCUT2D eigenvalue weighted by Crippen LogP contribution is 2.33. The summed E-state index contributed by atoms with van der Waals surface area (Å²) in [6, 6.07) is 9.92. The van der Waals surface area contributed by atoms with Gasteiger partial charge in [0.25, 0.3) is 0 Å². The SMILES string of the molecule is C/C(=C/n1c2c(c3cc(Cl)ccc31)CN(C)CC2)c1ccc(F)c(F)c1. The molecule has 26 heavy (non-hydrogen) atoms. The summed E-state index contributed by atoms with van der Waals surface area (Å²) in [5, 5.41) is 1.86. The van der Waals surface area contributed by atoms with Crippen LogP contribution < -0.4 is 0 Å². The monoisotopic (exact) mass is 372 g/mol. The minimum absolute atomic E-state index is 0.668. The van der Waals surface area contributed by atoms with E-state index in [0.717, 1.165) is 36.0 Å². The Bertz CT molecular complexity index is 1040. The molecule has 0 N–H and O–H groups in total. The summed E-state index contributed by atoms with van der Waals surface area (Å²) in [4.78, 5) is 2.29. The van der Waals surface area contributed by atoms with Crippen LogP contribution in [0.25, 0.3) is 22.7 Å². The van der Waals surface area contributed by atoms with E-state index in [2.05, 4.69) is 16.5 Å². The van der Waals surface area contributed by atoms with Crippen molar-refractivity contribution < 1.29 is 8.78 Å². The second kappa shape index (κ2) is 6.53. The van der Waals surface area contributed by atoms with E-state index in [1.54, 1.807) is 6.07 Å². The number of allylic oxidation sites excluding steroid dienone is 1. The lowest BCUT2D eigenvalue weighted by Crippen LogP contribution is -2.26. The molecule has 4 rings (SSSR count). The predicted octanol–water partition coefficient (Wildman–Crippen LogP) is 5.58. The van der Waals surface area contributed by atoms with Crippen LogP contribution in [-0.2, 0) is 13.0 Å². The lowest BCUT2D eigenvalue weighted by molar-refractivity contribution is 0.312. The zero-order chi connectivity index (χ0) is 18.4. The minimum atomic E-state index is -0.831. The van der Waals surface area contributed by atoms with Gasteiger partial charge in [-0.2, -0.15) is 0 Å². The van der Waals surface area contributed by atoms with Gasteiger partial charge in [-0.3, -0.25) is 0 Å². The summed E-state index contributed by atoms with van der Waals surface area (Å²) in [5.41, 5.74) is 5.16. The quantitative estimate of drug-likeness (QED) is 0.570. The lowest BCUT2D eigenvalue weighted by Gasteiger charge is -2.23. The maximum Gasteiger partial charge on any atom is 0.159 e. The van der Waals surface area contributed by atoms with Crippen molar-refractivity contribution in [3.05, 3.63) is 69.9 Å². The van der Waals surface area contributed by atoms with E-state index in [9.17, 15) is 8.78 Å². The van der Waals surface area contributed by atoms with Crippen LogP contribution in [0.3, 0.4) is 0 Å². The van der Waals surface area contributed by atoms with Gasteiger partial charge in [-0.1, -0.05) is 17.7 Å². The van der Waals surface area contributed by atoms with Gasteiger partial charge in [0, 0.05) is 41.8 Å². The highest BCUT2D eigenvalue weighted by Gasteiger charge is 2.22. The first kappa shape index (κ1) is 17.3. The first-order valence-electron chi connectivity index (χ1n) is 8.57. The highest BCUT2D eigenvalue weighted by molar-refractivity contribution is 6.31. The van der Waals surface area contributed by atoms with E-state index in [1.807, 2.05) is 31.3 Å². The number of benzene rings is 2. The van der Waals surface area contributed by atoms with Gasteiger partial charge in [0.15, 0.2) is 11.6 Å². The van der Waals surface area contributed by atoms with Crippen LogP contribution >= 0.6 is 11.6 Å². The van der Waals surface area contributed by atoms with Crippen LogP contribution in [0.15, 0.2) is 36.4 Å². The second-order valence-electron chi connectivity index (χ2n) is 6.89. The smallest absolute Gasteiger partial charge is 0.159 e. The van der Waals surface area contributed by atoms with Gasteiger partial charge >= 0.3 is 0 Å². The van der Waals surface area contributed by atoms with Gasteiger partial charge in [-0.05, 0) is 61.0 Å². The van der Waals surface area contributed by atoms with Crippen molar-refractivity contribution in [3.8, 4) is 0 Å². The first-order chi connectivity index (χ1) is 12.4. The van der Waals surface area contributed by atoms with Gasteiger partial charge < -0.3 is 9.47 Å². The summed E-state index contributed by atoms with van der Waals surface area (Å²) >= 11 is 6.23. The number of likely N-dealkylation sites (N-methyl/N-ethyl adjacent to an activating group) is 1. The fraction of sp³-hybridized carbons (Fsp3) is 0.238. The maximum absolute atomic E-state index is 13.6. The Kier molecular flexibility index (Phi) is 4.33. The van der Waals surface area contributed by atoms with Crippen LogP contribution in [0.2, 0.25) is 5.02 Å². The summed E-state index contributed by atoms with van der Waals surface area (Å²) in [6.45, 7) is 3.77.